The van der Waals surface area contributed by atoms with Gasteiger partial charge >= 0.3 is 0 Å². The number of ether oxygens (including phenoxy) is 2. The van der Waals surface area contributed by atoms with Crippen LogP contribution in [0.25, 0.3) is 0 Å². The predicted octanol–water partition coefficient (Wildman–Crippen LogP) is 6.01. The lowest BCUT2D eigenvalue weighted by Gasteiger charge is -2.22. The number of aliphatic imine (C=N–C) groups is 1. The molecule has 3 aromatic carbocycles. The molecule has 4 rings (SSSR count). The first-order valence-electron chi connectivity index (χ1n) is 11.7. The summed E-state index contributed by atoms with van der Waals surface area (Å²) in [6.45, 7) is 5.93. The largest absolute Gasteiger partial charge is 0.494 e. The Morgan fingerprint density at radius 1 is 1.11 bits per heavy atom. The molecule has 8 nitrogen and oxygen atoms in total. The standard InChI is InChI=1S/C27H29FN6O2/c1-4-35-20-14-21(23(28)22(15-20)36-16(2)3)24(31-19-12-10-17(11-13-19)25(29)30)27-32-26(33-34-27)18-8-6-5-7-9-18/h5-16,24,26,31H,4H2,1-3H3,(H3,29,30). The van der Waals surface area contributed by atoms with E-state index < -0.39 is 18.0 Å². The van der Waals surface area contributed by atoms with Crippen LogP contribution in [0.1, 0.15) is 49.7 Å². The highest BCUT2D eigenvalue weighted by Crippen LogP contribution is 2.37. The Balaban J connectivity index is 1.78. The third-order valence-electron chi connectivity index (χ3n) is 5.41. The molecule has 3 aromatic rings. The lowest BCUT2D eigenvalue weighted by atomic mass is 10.0. The molecule has 0 bridgehead atoms. The Bertz CT molecular complexity index is 1280. The summed E-state index contributed by atoms with van der Waals surface area (Å²) in [6.07, 6.45) is -0.754. The van der Waals surface area contributed by atoms with Crippen molar-refractivity contribution in [2.75, 3.05) is 11.9 Å². The minimum Gasteiger partial charge on any atom is -0.494 e. The average molecular weight is 489 g/mol. The van der Waals surface area contributed by atoms with E-state index in [0.29, 0.717) is 29.4 Å². The first-order valence-corrected chi connectivity index (χ1v) is 11.7. The smallest absolute Gasteiger partial charge is 0.188 e. The summed E-state index contributed by atoms with van der Waals surface area (Å²) in [4.78, 5) is 4.70. The van der Waals surface area contributed by atoms with Gasteiger partial charge < -0.3 is 20.5 Å². The second-order valence-corrected chi connectivity index (χ2v) is 8.48. The van der Waals surface area contributed by atoms with Crippen molar-refractivity contribution < 1.29 is 13.9 Å². The number of amidine groups is 2. The number of benzene rings is 3. The molecule has 0 saturated heterocycles. The van der Waals surface area contributed by atoms with Gasteiger partial charge in [-0.1, -0.05) is 30.3 Å². The van der Waals surface area contributed by atoms with Gasteiger partial charge in [0.05, 0.1) is 12.7 Å². The van der Waals surface area contributed by atoms with Crippen LogP contribution in [0.5, 0.6) is 11.5 Å². The molecule has 0 radical (unpaired) electrons. The van der Waals surface area contributed by atoms with Crippen LogP contribution in [0.3, 0.4) is 0 Å². The zero-order chi connectivity index (χ0) is 25.7. The van der Waals surface area contributed by atoms with Crippen molar-refractivity contribution in [3.05, 3.63) is 89.2 Å². The van der Waals surface area contributed by atoms with Crippen LogP contribution >= 0.6 is 0 Å². The van der Waals surface area contributed by atoms with Gasteiger partial charge in [0, 0.05) is 28.4 Å². The molecule has 36 heavy (non-hydrogen) atoms. The molecule has 0 saturated carbocycles. The number of anilines is 1. The van der Waals surface area contributed by atoms with Crippen molar-refractivity contribution in [1.29, 1.82) is 5.41 Å². The van der Waals surface area contributed by atoms with Crippen LogP contribution in [0.2, 0.25) is 0 Å². The fourth-order valence-electron chi connectivity index (χ4n) is 3.78. The molecule has 0 aromatic heterocycles. The first-order chi connectivity index (χ1) is 17.4. The van der Waals surface area contributed by atoms with E-state index in [1.807, 2.05) is 51.1 Å². The highest BCUT2D eigenvalue weighted by molar-refractivity contribution is 5.95. The molecule has 0 aliphatic carbocycles. The van der Waals surface area contributed by atoms with Crippen molar-refractivity contribution in [3.8, 4) is 11.5 Å². The van der Waals surface area contributed by atoms with Crippen LogP contribution in [0, 0.1) is 11.2 Å². The Kier molecular flexibility index (Phi) is 7.58. The number of hydrogen-bond donors (Lipinski definition) is 3. The summed E-state index contributed by atoms with van der Waals surface area (Å²) < 4.78 is 27.3. The minimum atomic E-state index is -0.791. The Morgan fingerprint density at radius 2 is 1.83 bits per heavy atom. The fourth-order valence-corrected chi connectivity index (χ4v) is 3.78. The molecule has 1 aliphatic heterocycles. The summed E-state index contributed by atoms with van der Waals surface area (Å²) in [5, 5.41) is 19.6. The first kappa shape index (κ1) is 24.8. The third-order valence-corrected chi connectivity index (χ3v) is 5.41. The molecular formula is C27H29FN6O2. The van der Waals surface area contributed by atoms with Crippen LogP contribution in [0.4, 0.5) is 10.1 Å². The number of halogens is 1. The summed E-state index contributed by atoms with van der Waals surface area (Å²) in [5.74, 6) is 0.301. The molecule has 0 spiro atoms. The molecule has 186 valence electrons. The van der Waals surface area contributed by atoms with E-state index in [2.05, 4.69) is 15.5 Å². The summed E-state index contributed by atoms with van der Waals surface area (Å²) in [5.41, 5.74) is 7.98. The molecule has 9 heteroatoms. The quantitative estimate of drug-likeness (QED) is 0.239. The molecule has 2 unspecified atom stereocenters. The predicted molar refractivity (Wildman–Crippen MR) is 139 cm³/mol. The monoisotopic (exact) mass is 488 g/mol. The molecule has 4 N–H and O–H groups in total. The summed E-state index contributed by atoms with van der Waals surface area (Å²) >= 11 is 0. The zero-order valence-corrected chi connectivity index (χ0v) is 20.4. The highest BCUT2D eigenvalue weighted by Gasteiger charge is 2.29. The Hall–Kier alpha value is -4.27. The number of nitrogen functional groups attached to an aromatic ring is 1. The molecule has 0 fully saturated rings. The Morgan fingerprint density at radius 3 is 2.47 bits per heavy atom. The average Bonchev–Trinajstić information content (AvgIpc) is 3.35. The summed E-state index contributed by atoms with van der Waals surface area (Å²) in [6, 6.07) is 18.9. The van der Waals surface area contributed by atoms with Gasteiger partial charge in [-0.25, -0.2) is 9.38 Å². The van der Waals surface area contributed by atoms with Crippen molar-refractivity contribution >= 4 is 17.4 Å². The molecule has 1 heterocycles. The van der Waals surface area contributed by atoms with Gasteiger partial charge in [-0.15, -0.1) is 5.11 Å². The van der Waals surface area contributed by atoms with Crippen molar-refractivity contribution in [1.82, 2.24) is 0 Å². The molecule has 2 atom stereocenters. The lowest BCUT2D eigenvalue weighted by Crippen LogP contribution is -2.21. The SMILES string of the molecule is CCOc1cc(OC(C)C)c(F)c(C(Nc2ccc(C(=N)N)cc2)C2=NC(c3ccccc3)N=N2)c1. The third kappa shape index (κ3) is 5.68. The van der Waals surface area contributed by atoms with Crippen molar-refractivity contribution in [2.24, 2.45) is 21.0 Å². The van der Waals surface area contributed by atoms with Crippen molar-refractivity contribution in [2.45, 2.75) is 39.1 Å². The maximum absolute atomic E-state index is 15.9. The van der Waals surface area contributed by atoms with Gasteiger partial charge in [0.1, 0.15) is 17.6 Å². The van der Waals surface area contributed by atoms with Crippen LogP contribution in [0.15, 0.2) is 82.0 Å². The van der Waals surface area contributed by atoms with E-state index in [9.17, 15) is 0 Å². The number of hydrogen-bond acceptors (Lipinski definition) is 7. The number of nitrogens with two attached hydrogens (primary N) is 1. The van der Waals surface area contributed by atoms with Crippen LogP contribution < -0.4 is 20.5 Å². The van der Waals surface area contributed by atoms with E-state index >= 15 is 4.39 Å². The molecule has 1 aliphatic rings. The molecule has 0 amide bonds. The number of nitrogens with zero attached hydrogens (tertiary/aromatic N) is 3. The van der Waals surface area contributed by atoms with Gasteiger partial charge in [-0.2, -0.15) is 5.11 Å². The van der Waals surface area contributed by atoms with Gasteiger partial charge in [0.25, 0.3) is 0 Å². The van der Waals surface area contributed by atoms with E-state index in [0.717, 1.165) is 5.56 Å². The van der Waals surface area contributed by atoms with E-state index in [-0.39, 0.29) is 23.3 Å². The second-order valence-electron chi connectivity index (χ2n) is 8.48. The van der Waals surface area contributed by atoms with Crippen molar-refractivity contribution in [3.63, 3.8) is 0 Å². The maximum Gasteiger partial charge on any atom is 0.188 e. The number of rotatable bonds is 10. The van der Waals surface area contributed by atoms with Crippen LogP contribution in [-0.2, 0) is 0 Å². The summed E-state index contributed by atoms with van der Waals surface area (Å²) in [7, 11) is 0. The zero-order valence-electron chi connectivity index (χ0n) is 20.4. The second kappa shape index (κ2) is 11.0. The van der Waals surface area contributed by atoms with Crippen LogP contribution in [-0.4, -0.2) is 24.4 Å². The van der Waals surface area contributed by atoms with Gasteiger partial charge in [0.15, 0.2) is 23.6 Å². The number of azo groups is 1. The normalized spacial score (nSPS) is 15.5. The van der Waals surface area contributed by atoms with E-state index in [1.165, 1.54) is 0 Å². The maximum atomic E-state index is 15.9. The van der Waals surface area contributed by atoms with Gasteiger partial charge in [-0.05, 0) is 51.1 Å². The fraction of sp³-hybridized carbons (Fsp3) is 0.259. The van der Waals surface area contributed by atoms with Gasteiger partial charge in [-0.3, -0.25) is 5.41 Å². The topological polar surface area (TPSA) is 117 Å². The lowest BCUT2D eigenvalue weighted by molar-refractivity contribution is 0.228. The minimum absolute atomic E-state index is 0.0382. The Labute approximate surface area is 209 Å². The van der Waals surface area contributed by atoms with Gasteiger partial charge in [0.2, 0.25) is 0 Å². The highest BCUT2D eigenvalue weighted by atomic mass is 19.1. The number of nitrogens with one attached hydrogen (secondary N) is 2. The van der Waals surface area contributed by atoms with E-state index in [4.69, 9.17) is 25.6 Å². The molecular weight excluding hydrogens is 459 g/mol. The van der Waals surface area contributed by atoms with E-state index in [1.54, 1.807) is 36.4 Å².